The van der Waals surface area contributed by atoms with Crippen molar-refractivity contribution >= 4 is 17.0 Å². The maximum absolute atomic E-state index is 15.3. The van der Waals surface area contributed by atoms with Crippen molar-refractivity contribution in [3.63, 3.8) is 0 Å². The molecule has 0 radical (unpaired) electrons. The Morgan fingerprint density at radius 1 is 0.978 bits per heavy atom. The standard InChI is InChI=1S/C32H22F4N4O5/c33-22-8-17(14-37)4-5-18(22)16-44-29-2-1-3-30(39-29)45-27-13-23(34)19(9-24(27)35)12-28-38-31-25(36)10-20(32(41)42)11-26(31)40(28)15-21-6-7-43-21/h1-5,8-11,13,21H,6-7,12,15-16H2,(H,41,42). The fourth-order valence-electron chi connectivity index (χ4n) is 4.81. The highest BCUT2D eigenvalue weighted by Crippen LogP contribution is 2.30. The van der Waals surface area contributed by atoms with Crippen LogP contribution in [0.15, 0.2) is 60.7 Å². The van der Waals surface area contributed by atoms with Crippen molar-refractivity contribution < 1.29 is 41.7 Å². The van der Waals surface area contributed by atoms with Gasteiger partial charge in [-0.3, -0.25) is 0 Å². The summed E-state index contributed by atoms with van der Waals surface area (Å²) in [6, 6.07) is 14.1. The molecular weight excluding hydrogens is 596 g/mol. The molecule has 5 aromatic rings. The first kappa shape index (κ1) is 29.6. The second-order valence-electron chi connectivity index (χ2n) is 10.2. The average molecular weight is 619 g/mol. The van der Waals surface area contributed by atoms with Gasteiger partial charge in [-0.2, -0.15) is 10.2 Å². The zero-order chi connectivity index (χ0) is 31.7. The van der Waals surface area contributed by atoms with Crippen molar-refractivity contribution in [1.82, 2.24) is 14.5 Å². The molecule has 1 aliphatic rings. The van der Waals surface area contributed by atoms with Gasteiger partial charge in [0.25, 0.3) is 0 Å². The second kappa shape index (κ2) is 12.3. The van der Waals surface area contributed by atoms with Gasteiger partial charge >= 0.3 is 5.97 Å². The summed E-state index contributed by atoms with van der Waals surface area (Å²) in [5.74, 6) is -4.90. The molecule has 0 spiro atoms. The molecule has 1 aliphatic heterocycles. The number of nitrogens with zero attached hydrogens (tertiary/aromatic N) is 4. The SMILES string of the molecule is N#Cc1ccc(COc2cccc(Oc3cc(F)c(Cc4nc5c(F)cc(C(=O)O)cc5n4CC4CCO4)cc3F)n2)c(F)c1. The van der Waals surface area contributed by atoms with E-state index in [9.17, 15) is 18.7 Å². The van der Waals surface area contributed by atoms with E-state index in [-0.39, 0.29) is 76.5 Å². The monoisotopic (exact) mass is 618 g/mol. The van der Waals surface area contributed by atoms with E-state index < -0.39 is 35.0 Å². The maximum Gasteiger partial charge on any atom is 0.335 e. The zero-order valence-corrected chi connectivity index (χ0v) is 23.3. The number of halogens is 4. The summed E-state index contributed by atoms with van der Waals surface area (Å²) in [6.45, 7) is 0.564. The van der Waals surface area contributed by atoms with E-state index in [2.05, 4.69) is 9.97 Å². The average Bonchev–Trinajstić information content (AvgIpc) is 3.34. The van der Waals surface area contributed by atoms with Crippen LogP contribution in [0.4, 0.5) is 17.6 Å². The lowest BCUT2D eigenvalue weighted by Crippen LogP contribution is -2.31. The molecule has 1 saturated heterocycles. The zero-order valence-electron chi connectivity index (χ0n) is 23.3. The number of carbonyl (C=O) groups is 1. The largest absolute Gasteiger partial charge is 0.478 e. The number of benzene rings is 3. The quantitative estimate of drug-likeness (QED) is 0.181. The Morgan fingerprint density at radius 3 is 2.47 bits per heavy atom. The van der Waals surface area contributed by atoms with Crippen molar-refractivity contribution in [2.75, 3.05) is 6.61 Å². The molecule has 228 valence electrons. The molecule has 45 heavy (non-hydrogen) atoms. The molecule has 1 atom stereocenters. The van der Waals surface area contributed by atoms with E-state index in [1.165, 1.54) is 36.4 Å². The molecule has 2 aromatic heterocycles. The Labute approximate surface area is 252 Å². The lowest BCUT2D eigenvalue weighted by molar-refractivity contribution is -0.0589. The summed E-state index contributed by atoms with van der Waals surface area (Å²) in [7, 11) is 0. The van der Waals surface area contributed by atoms with Gasteiger partial charge in [-0.15, -0.1) is 0 Å². The molecule has 0 bridgehead atoms. The Kier molecular flexibility index (Phi) is 8.06. The number of aromatic nitrogens is 3. The first-order chi connectivity index (χ1) is 21.7. The van der Waals surface area contributed by atoms with Crippen LogP contribution in [0.3, 0.4) is 0 Å². The van der Waals surface area contributed by atoms with Crippen LogP contribution in [0.1, 0.15) is 39.3 Å². The molecule has 1 N–H and O–H groups in total. The third-order valence-corrected chi connectivity index (χ3v) is 7.23. The second-order valence-corrected chi connectivity index (χ2v) is 10.2. The van der Waals surface area contributed by atoms with Crippen molar-refractivity contribution in [2.45, 2.75) is 32.1 Å². The molecule has 0 amide bonds. The van der Waals surface area contributed by atoms with Gasteiger partial charge in [-0.25, -0.2) is 27.3 Å². The lowest BCUT2D eigenvalue weighted by atomic mass is 10.1. The van der Waals surface area contributed by atoms with Crippen LogP contribution >= 0.6 is 0 Å². The highest BCUT2D eigenvalue weighted by atomic mass is 19.1. The number of carboxylic acid groups (broad SMARTS) is 1. The summed E-state index contributed by atoms with van der Waals surface area (Å²) in [6.07, 6.45) is 0.271. The summed E-state index contributed by atoms with van der Waals surface area (Å²) in [4.78, 5) is 19.9. The summed E-state index contributed by atoms with van der Waals surface area (Å²) >= 11 is 0. The van der Waals surface area contributed by atoms with Gasteiger partial charge in [0, 0.05) is 36.8 Å². The van der Waals surface area contributed by atoms with Gasteiger partial charge < -0.3 is 23.9 Å². The van der Waals surface area contributed by atoms with E-state index in [0.29, 0.717) is 6.61 Å². The number of pyridine rings is 1. The maximum atomic E-state index is 15.3. The van der Waals surface area contributed by atoms with E-state index in [4.69, 9.17) is 19.5 Å². The van der Waals surface area contributed by atoms with Crippen LogP contribution in [0.5, 0.6) is 17.5 Å². The molecule has 3 heterocycles. The molecule has 0 saturated carbocycles. The van der Waals surface area contributed by atoms with E-state index >= 15 is 8.78 Å². The number of imidazole rings is 1. The highest BCUT2D eigenvalue weighted by molar-refractivity contribution is 5.92. The molecule has 1 unspecified atom stereocenters. The number of fused-ring (bicyclic) bond motifs is 1. The minimum atomic E-state index is -1.32. The van der Waals surface area contributed by atoms with E-state index in [0.717, 1.165) is 30.7 Å². The Hall–Kier alpha value is -5.48. The predicted molar refractivity (Wildman–Crippen MR) is 150 cm³/mol. The first-order valence-electron chi connectivity index (χ1n) is 13.7. The first-order valence-corrected chi connectivity index (χ1v) is 13.7. The van der Waals surface area contributed by atoms with Crippen LogP contribution in [-0.4, -0.2) is 38.3 Å². The Bertz CT molecular complexity index is 1990. The number of hydrogen-bond acceptors (Lipinski definition) is 7. The number of ether oxygens (including phenoxy) is 3. The van der Waals surface area contributed by atoms with Crippen LogP contribution in [0.25, 0.3) is 11.0 Å². The minimum Gasteiger partial charge on any atom is -0.478 e. The molecule has 1 fully saturated rings. The number of rotatable bonds is 10. The van der Waals surface area contributed by atoms with Gasteiger partial charge in [0.1, 0.15) is 29.6 Å². The number of hydrogen-bond donors (Lipinski definition) is 1. The molecule has 13 heteroatoms. The minimum absolute atomic E-state index is 0.0291. The Morgan fingerprint density at radius 2 is 1.76 bits per heavy atom. The fourth-order valence-corrected chi connectivity index (χ4v) is 4.81. The van der Waals surface area contributed by atoms with Gasteiger partial charge in [-0.05, 0) is 42.3 Å². The lowest BCUT2D eigenvalue weighted by Gasteiger charge is -2.27. The predicted octanol–water partition coefficient (Wildman–Crippen LogP) is 6.31. The van der Waals surface area contributed by atoms with Crippen LogP contribution in [-0.2, 0) is 24.3 Å². The molecule has 9 nitrogen and oxygen atoms in total. The molecular formula is C32H22F4N4O5. The number of nitriles is 1. The van der Waals surface area contributed by atoms with Gasteiger partial charge in [0.05, 0.1) is 35.4 Å². The van der Waals surface area contributed by atoms with Crippen molar-refractivity contribution in [3.8, 4) is 23.6 Å². The third kappa shape index (κ3) is 6.27. The van der Waals surface area contributed by atoms with Crippen LogP contribution < -0.4 is 9.47 Å². The van der Waals surface area contributed by atoms with E-state index in [1.807, 2.05) is 6.07 Å². The molecule has 0 aliphatic carbocycles. The topological polar surface area (TPSA) is 119 Å². The van der Waals surface area contributed by atoms with Crippen LogP contribution in [0.2, 0.25) is 0 Å². The Balaban J connectivity index is 1.22. The molecule has 3 aromatic carbocycles. The number of carboxylic acids is 1. The molecule has 6 rings (SSSR count). The van der Waals surface area contributed by atoms with E-state index in [1.54, 1.807) is 4.57 Å². The number of aromatic carboxylic acids is 1. The normalized spacial score (nSPS) is 14.2. The van der Waals surface area contributed by atoms with Gasteiger partial charge in [0.15, 0.2) is 17.4 Å². The summed E-state index contributed by atoms with van der Waals surface area (Å²) in [5, 5.41) is 18.3. The van der Waals surface area contributed by atoms with Gasteiger partial charge in [-0.1, -0.05) is 12.1 Å². The van der Waals surface area contributed by atoms with Crippen molar-refractivity contribution in [1.29, 1.82) is 5.26 Å². The fraction of sp³-hybridized carbons (Fsp3) is 0.188. The van der Waals surface area contributed by atoms with Gasteiger partial charge in [0.2, 0.25) is 11.8 Å². The smallest absolute Gasteiger partial charge is 0.335 e. The van der Waals surface area contributed by atoms with Crippen molar-refractivity contribution in [3.05, 3.63) is 112 Å². The highest BCUT2D eigenvalue weighted by Gasteiger charge is 2.25. The van der Waals surface area contributed by atoms with Crippen molar-refractivity contribution in [2.24, 2.45) is 0 Å². The summed E-state index contributed by atoms with van der Waals surface area (Å²) < 4.78 is 77.5. The summed E-state index contributed by atoms with van der Waals surface area (Å²) in [5.41, 5.74) is 0.0867. The third-order valence-electron chi connectivity index (χ3n) is 7.23. The van der Waals surface area contributed by atoms with Crippen LogP contribution in [0, 0.1) is 34.6 Å².